The molecule has 1 aromatic rings. The second-order valence-electron chi connectivity index (χ2n) is 7.51. The van der Waals surface area contributed by atoms with Crippen LogP contribution in [0.15, 0.2) is 12.1 Å². The van der Waals surface area contributed by atoms with Gasteiger partial charge in [-0.25, -0.2) is 0 Å². The molecule has 1 aliphatic carbocycles. The Morgan fingerprint density at radius 1 is 1.05 bits per heavy atom. The van der Waals surface area contributed by atoms with Crippen molar-refractivity contribution >= 4 is 12.4 Å². The number of benzene rings is 1. The summed E-state index contributed by atoms with van der Waals surface area (Å²) in [6.07, 6.45) is 3.60. The highest BCUT2D eigenvalue weighted by Gasteiger charge is 2.37. The van der Waals surface area contributed by atoms with Gasteiger partial charge in [-0.05, 0) is 59.3 Å². The van der Waals surface area contributed by atoms with Gasteiger partial charge >= 0.3 is 0 Å². The Balaban J connectivity index is 0.00000200. The summed E-state index contributed by atoms with van der Waals surface area (Å²) in [6, 6.07) is 4.97. The van der Waals surface area contributed by atoms with E-state index in [2.05, 4.69) is 53.7 Å². The van der Waals surface area contributed by atoms with Crippen LogP contribution in [0.3, 0.4) is 0 Å². The predicted octanol–water partition coefficient (Wildman–Crippen LogP) is 5.04. The lowest BCUT2D eigenvalue weighted by Gasteiger charge is -2.42. The Labute approximate surface area is 130 Å². The summed E-state index contributed by atoms with van der Waals surface area (Å²) in [6.45, 7) is 13.8. The molecule has 0 fully saturated rings. The third-order valence-electron chi connectivity index (χ3n) is 4.98. The SMILES string of the molecule is CCc1cc2c(cc1C(C)N)C(C)(C)CCC2(C)C.Cl. The van der Waals surface area contributed by atoms with Gasteiger partial charge in [0.1, 0.15) is 0 Å². The number of rotatable bonds is 2. The molecule has 0 spiro atoms. The van der Waals surface area contributed by atoms with Gasteiger partial charge in [0.15, 0.2) is 0 Å². The van der Waals surface area contributed by atoms with Crippen LogP contribution in [-0.2, 0) is 17.3 Å². The maximum Gasteiger partial charge on any atom is 0.0268 e. The van der Waals surface area contributed by atoms with E-state index < -0.39 is 0 Å². The molecule has 20 heavy (non-hydrogen) atoms. The Bertz CT molecular complexity index is 486. The van der Waals surface area contributed by atoms with Crippen molar-refractivity contribution in [1.29, 1.82) is 0 Å². The van der Waals surface area contributed by atoms with Crippen molar-refractivity contribution in [1.82, 2.24) is 0 Å². The number of halogens is 1. The fraction of sp³-hybridized carbons (Fsp3) is 0.667. The molecule has 2 heteroatoms. The molecule has 0 heterocycles. The first-order valence-corrected chi connectivity index (χ1v) is 7.62. The van der Waals surface area contributed by atoms with Crippen molar-refractivity contribution in [3.05, 3.63) is 34.4 Å². The average molecular weight is 296 g/mol. The molecule has 0 radical (unpaired) electrons. The van der Waals surface area contributed by atoms with Crippen LogP contribution in [0.2, 0.25) is 0 Å². The highest BCUT2D eigenvalue weighted by atomic mass is 35.5. The molecule has 0 aliphatic heterocycles. The van der Waals surface area contributed by atoms with Crippen molar-refractivity contribution in [3.8, 4) is 0 Å². The second-order valence-corrected chi connectivity index (χ2v) is 7.51. The third kappa shape index (κ3) is 2.89. The Hall–Kier alpha value is -0.530. The highest BCUT2D eigenvalue weighted by molar-refractivity contribution is 5.85. The summed E-state index contributed by atoms with van der Waals surface area (Å²) in [5.74, 6) is 0. The van der Waals surface area contributed by atoms with Gasteiger partial charge in [0.2, 0.25) is 0 Å². The van der Waals surface area contributed by atoms with Gasteiger partial charge in [0, 0.05) is 6.04 Å². The van der Waals surface area contributed by atoms with Crippen LogP contribution < -0.4 is 5.73 Å². The monoisotopic (exact) mass is 295 g/mol. The van der Waals surface area contributed by atoms with Crippen molar-refractivity contribution in [2.75, 3.05) is 0 Å². The zero-order chi connectivity index (χ0) is 14.4. The third-order valence-corrected chi connectivity index (χ3v) is 4.98. The van der Waals surface area contributed by atoms with E-state index in [1.165, 1.54) is 29.5 Å². The van der Waals surface area contributed by atoms with E-state index >= 15 is 0 Å². The fourth-order valence-corrected chi connectivity index (χ4v) is 3.41. The molecule has 0 bridgehead atoms. The standard InChI is InChI=1S/C18H29N.ClH/c1-7-13-10-15-16(11-14(13)12(2)19)18(5,6)9-8-17(15,3)4;/h10-12H,7-9,19H2,1-6H3;1H. The second kappa shape index (κ2) is 5.69. The summed E-state index contributed by atoms with van der Waals surface area (Å²) in [5, 5.41) is 0. The number of hydrogen-bond acceptors (Lipinski definition) is 1. The zero-order valence-corrected chi connectivity index (χ0v) is 14.7. The quantitative estimate of drug-likeness (QED) is 0.813. The lowest BCUT2D eigenvalue weighted by Crippen LogP contribution is -2.34. The Morgan fingerprint density at radius 2 is 1.50 bits per heavy atom. The molecule has 2 rings (SSSR count). The van der Waals surface area contributed by atoms with E-state index in [9.17, 15) is 0 Å². The normalized spacial score (nSPS) is 20.8. The maximum atomic E-state index is 6.18. The van der Waals surface area contributed by atoms with Crippen LogP contribution in [-0.4, -0.2) is 0 Å². The minimum Gasteiger partial charge on any atom is -0.324 e. The van der Waals surface area contributed by atoms with Crippen molar-refractivity contribution in [2.45, 2.75) is 77.7 Å². The van der Waals surface area contributed by atoms with Gasteiger partial charge in [0.05, 0.1) is 0 Å². The van der Waals surface area contributed by atoms with Crippen molar-refractivity contribution in [2.24, 2.45) is 5.73 Å². The molecule has 0 saturated heterocycles. The summed E-state index contributed by atoms with van der Waals surface area (Å²) < 4.78 is 0. The highest BCUT2D eigenvalue weighted by Crippen LogP contribution is 2.47. The van der Waals surface area contributed by atoms with Crippen LogP contribution in [0.4, 0.5) is 0 Å². The number of nitrogens with two attached hydrogens (primary N) is 1. The van der Waals surface area contributed by atoms with Crippen molar-refractivity contribution < 1.29 is 0 Å². The minimum absolute atomic E-state index is 0. The molecule has 114 valence electrons. The summed E-state index contributed by atoms with van der Waals surface area (Å²) in [4.78, 5) is 0. The van der Waals surface area contributed by atoms with E-state index in [4.69, 9.17) is 5.73 Å². The molecule has 0 saturated carbocycles. The van der Waals surface area contributed by atoms with Crippen LogP contribution in [0.5, 0.6) is 0 Å². The largest absolute Gasteiger partial charge is 0.324 e. The molecular weight excluding hydrogens is 266 g/mol. The molecule has 1 aliphatic rings. The van der Waals surface area contributed by atoms with E-state index in [0.717, 1.165) is 6.42 Å². The van der Waals surface area contributed by atoms with Gasteiger partial charge in [-0.1, -0.05) is 46.8 Å². The molecule has 1 aromatic carbocycles. The van der Waals surface area contributed by atoms with E-state index in [-0.39, 0.29) is 23.9 Å². The van der Waals surface area contributed by atoms with E-state index in [0.29, 0.717) is 5.41 Å². The fourth-order valence-electron chi connectivity index (χ4n) is 3.41. The Kier molecular flexibility index (Phi) is 4.99. The maximum absolute atomic E-state index is 6.18. The average Bonchev–Trinajstić information content (AvgIpc) is 2.33. The number of aryl methyl sites for hydroxylation is 1. The summed E-state index contributed by atoms with van der Waals surface area (Å²) in [5.41, 5.74) is 12.6. The van der Waals surface area contributed by atoms with E-state index in [1.54, 1.807) is 5.56 Å². The minimum atomic E-state index is 0. The van der Waals surface area contributed by atoms with Gasteiger partial charge in [-0.2, -0.15) is 0 Å². The van der Waals surface area contributed by atoms with E-state index in [1.807, 2.05) is 0 Å². The van der Waals surface area contributed by atoms with Gasteiger partial charge in [-0.15, -0.1) is 12.4 Å². The first-order valence-electron chi connectivity index (χ1n) is 7.62. The molecule has 2 N–H and O–H groups in total. The van der Waals surface area contributed by atoms with Gasteiger partial charge < -0.3 is 5.73 Å². The predicted molar refractivity (Wildman–Crippen MR) is 91.0 cm³/mol. The number of hydrogen-bond donors (Lipinski definition) is 1. The first-order chi connectivity index (χ1) is 8.69. The van der Waals surface area contributed by atoms with Crippen LogP contribution in [0.25, 0.3) is 0 Å². The lowest BCUT2D eigenvalue weighted by molar-refractivity contribution is 0.331. The van der Waals surface area contributed by atoms with Crippen molar-refractivity contribution in [3.63, 3.8) is 0 Å². The first kappa shape index (κ1) is 17.5. The Morgan fingerprint density at radius 3 is 1.90 bits per heavy atom. The molecule has 1 unspecified atom stereocenters. The lowest BCUT2D eigenvalue weighted by atomic mass is 9.62. The topological polar surface area (TPSA) is 26.0 Å². The summed E-state index contributed by atoms with van der Waals surface area (Å²) >= 11 is 0. The zero-order valence-electron chi connectivity index (χ0n) is 13.8. The van der Waals surface area contributed by atoms with Gasteiger partial charge in [-0.3, -0.25) is 0 Å². The van der Waals surface area contributed by atoms with Gasteiger partial charge in [0.25, 0.3) is 0 Å². The van der Waals surface area contributed by atoms with Crippen LogP contribution in [0.1, 0.15) is 82.7 Å². The number of fused-ring (bicyclic) bond motifs is 1. The molecule has 1 nitrogen and oxygen atoms in total. The molecule has 0 amide bonds. The summed E-state index contributed by atoms with van der Waals surface area (Å²) in [7, 11) is 0. The molecule has 0 aromatic heterocycles. The molecule has 1 atom stereocenters. The smallest absolute Gasteiger partial charge is 0.0268 e. The van der Waals surface area contributed by atoms with Crippen LogP contribution in [0, 0.1) is 0 Å². The molecular formula is C18H30ClN. The van der Waals surface area contributed by atoms with Crippen LogP contribution >= 0.6 is 12.4 Å².